The first-order valence-corrected chi connectivity index (χ1v) is 7.85. The molecule has 0 radical (unpaired) electrons. The second kappa shape index (κ2) is 9.82. The highest BCUT2D eigenvalue weighted by atomic mass is 16.5. The third kappa shape index (κ3) is 6.16. The van der Waals surface area contributed by atoms with Gasteiger partial charge in [-0.1, -0.05) is 25.5 Å². The maximum Gasteiger partial charge on any atom is 0.226 e. The van der Waals surface area contributed by atoms with E-state index in [0.717, 1.165) is 12.8 Å². The Kier molecular flexibility index (Phi) is 8.04. The number of para-hydroxylation sites is 2. The SMILES string of the molecule is CCCCN(CCC(=O)Nc1ccccc1OCC)C(C)=O. The van der Waals surface area contributed by atoms with Crippen LogP contribution in [0.15, 0.2) is 24.3 Å². The van der Waals surface area contributed by atoms with Crippen LogP contribution in [0.25, 0.3) is 0 Å². The zero-order valence-electron chi connectivity index (χ0n) is 13.7. The molecule has 0 saturated carbocycles. The molecule has 0 unspecified atom stereocenters. The third-order valence-electron chi connectivity index (χ3n) is 3.30. The first-order valence-electron chi connectivity index (χ1n) is 7.85. The predicted molar refractivity (Wildman–Crippen MR) is 88.0 cm³/mol. The second-order valence-corrected chi connectivity index (χ2v) is 5.09. The molecule has 5 heteroatoms. The summed E-state index contributed by atoms with van der Waals surface area (Å²) in [4.78, 5) is 25.3. The summed E-state index contributed by atoms with van der Waals surface area (Å²) < 4.78 is 5.48. The monoisotopic (exact) mass is 306 g/mol. The Morgan fingerprint density at radius 2 is 1.91 bits per heavy atom. The van der Waals surface area contributed by atoms with Gasteiger partial charge in [-0.25, -0.2) is 0 Å². The lowest BCUT2D eigenvalue weighted by molar-refractivity contribution is -0.129. The molecule has 0 spiro atoms. The Labute approximate surface area is 132 Å². The molecular formula is C17H26N2O3. The summed E-state index contributed by atoms with van der Waals surface area (Å²) in [5.41, 5.74) is 0.664. The Hall–Kier alpha value is -2.04. The Morgan fingerprint density at radius 1 is 1.18 bits per heavy atom. The number of unbranched alkanes of at least 4 members (excludes halogenated alkanes) is 1. The van der Waals surface area contributed by atoms with E-state index >= 15 is 0 Å². The molecule has 22 heavy (non-hydrogen) atoms. The van der Waals surface area contributed by atoms with Gasteiger partial charge >= 0.3 is 0 Å². The molecule has 0 aliphatic heterocycles. The molecule has 0 saturated heterocycles. The number of nitrogens with one attached hydrogen (secondary N) is 1. The minimum absolute atomic E-state index is 0.0102. The maximum atomic E-state index is 12.1. The summed E-state index contributed by atoms with van der Waals surface area (Å²) in [6.45, 7) is 7.21. The van der Waals surface area contributed by atoms with Gasteiger partial charge in [0, 0.05) is 26.4 Å². The molecule has 1 aromatic carbocycles. The number of carbonyl (C=O) groups excluding carboxylic acids is 2. The maximum absolute atomic E-state index is 12.1. The highest BCUT2D eigenvalue weighted by Crippen LogP contribution is 2.23. The first-order chi connectivity index (χ1) is 10.6. The number of hydrogen-bond donors (Lipinski definition) is 1. The average molecular weight is 306 g/mol. The number of carbonyl (C=O) groups is 2. The second-order valence-electron chi connectivity index (χ2n) is 5.09. The van der Waals surface area contributed by atoms with E-state index in [-0.39, 0.29) is 18.2 Å². The van der Waals surface area contributed by atoms with Crippen LogP contribution in [0.3, 0.4) is 0 Å². The number of benzene rings is 1. The first kappa shape index (κ1) is 18.0. The molecule has 2 amide bonds. The van der Waals surface area contributed by atoms with Gasteiger partial charge in [0.05, 0.1) is 12.3 Å². The average Bonchev–Trinajstić information content (AvgIpc) is 2.49. The van der Waals surface area contributed by atoms with Crippen molar-refractivity contribution in [3.63, 3.8) is 0 Å². The molecule has 1 aromatic rings. The summed E-state index contributed by atoms with van der Waals surface area (Å²) in [5, 5.41) is 2.84. The predicted octanol–water partition coefficient (Wildman–Crippen LogP) is 3.06. The Balaban J connectivity index is 2.53. The summed E-state index contributed by atoms with van der Waals surface area (Å²) in [7, 11) is 0. The van der Waals surface area contributed by atoms with Gasteiger partial charge in [0.25, 0.3) is 0 Å². The fourth-order valence-corrected chi connectivity index (χ4v) is 2.08. The van der Waals surface area contributed by atoms with Crippen molar-refractivity contribution in [2.24, 2.45) is 0 Å². The van der Waals surface area contributed by atoms with Crippen LogP contribution in [0.4, 0.5) is 5.69 Å². The van der Waals surface area contributed by atoms with E-state index in [9.17, 15) is 9.59 Å². The summed E-state index contributed by atoms with van der Waals surface area (Å²) >= 11 is 0. The lowest BCUT2D eigenvalue weighted by Crippen LogP contribution is -2.32. The Bertz CT molecular complexity index is 489. The summed E-state index contributed by atoms with van der Waals surface area (Å²) in [6.07, 6.45) is 2.26. The van der Waals surface area contributed by atoms with Crippen molar-refractivity contribution in [3.8, 4) is 5.75 Å². The van der Waals surface area contributed by atoms with E-state index in [0.29, 0.717) is 31.1 Å². The lowest BCUT2D eigenvalue weighted by Gasteiger charge is -2.20. The number of hydrogen-bond acceptors (Lipinski definition) is 3. The van der Waals surface area contributed by atoms with Crippen molar-refractivity contribution in [2.45, 2.75) is 40.0 Å². The van der Waals surface area contributed by atoms with Crippen LogP contribution in [0.1, 0.15) is 40.0 Å². The fraction of sp³-hybridized carbons (Fsp3) is 0.529. The molecule has 0 aliphatic carbocycles. The van der Waals surface area contributed by atoms with Gasteiger partial charge in [0.1, 0.15) is 5.75 Å². The van der Waals surface area contributed by atoms with E-state index in [1.54, 1.807) is 4.90 Å². The highest BCUT2D eigenvalue weighted by Gasteiger charge is 2.12. The molecule has 0 fully saturated rings. The van der Waals surface area contributed by atoms with Crippen molar-refractivity contribution in [3.05, 3.63) is 24.3 Å². The minimum Gasteiger partial charge on any atom is -0.492 e. The Morgan fingerprint density at radius 3 is 2.55 bits per heavy atom. The quantitative estimate of drug-likeness (QED) is 0.763. The molecule has 0 aliphatic rings. The van der Waals surface area contributed by atoms with Crippen LogP contribution in [0.5, 0.6) is 5.75 Å². The molecular weight excluding hydrogens is 280 g/mol. The molecule has 0 heterocycles. The van der Waals surface area contributed by atoms with Crippen molar-refractivity contribution in [2.75, 3.05) is 25.0 Å². The normalized spacial score (nSPS) is 10.1. The summed E-state index contributed by atoms with van der Waals surface area (Å²) in [5.74, 6) is 0.554. The summed E-state index contributed by atoms with van der Waals surface area (Å²) in [6, 6.07) is 7.34. The van der Waals surface area contributed by atoms with Crippen LogP contribution >= 0.6 is 0 Å². The van der Waals surface area contributed by atoms with Crippen LogP contribution in [0, 0.1) is 0 Å². The molecule has 0 bridgehead atoms. The van der Waals surface area contributed by atoms with E-state index < -0.39 is 0 Å². The topological polar surface area (TPSA) is 58.6 Å². The largest absolute Gasteiger partial charge is 0.492 e. The van der Waals surface area contributed by atoms with Gasteiger partial charge in [-0.05, 0) is 25.5 Å². The van der Waals surface area contributed by atoms with Crippen molar-refractivity contribution >= 4 is 17.5 Å². The molecule has 5 nitrogen and oxygen atoms in total. The third-order valence-corrected chi connectivity index (χ3v) is 3.30. The van der Waals surface area contributed by atoms with Crippen LogP contribution in [-0.2, 0) is 9.59 Å². The van der Waals surface area contributed by atoms with E-state index in [4.69, 9.17) is 4.74 Å². The number of ether oxygens (including phenoxy) is 1. The fourth-order valence-electron chi connectivity index (χ4n) is 2.08. The molecule has 122 valence electrons. The van der Waals surface area contributed by atoms with E-state index in [1.807, 2.05) is 31.2 Å². The van der Waals surface area contributed by atoms with Gasteiger partial charge in [-0.15, -0.1) is 0 Å². The number of rotatable bonds is 9. The van der Waals surface area contributed by atoms with Crippen LogP contribution in [-0.4, -0.2) is 36.4 Å². The zero-order chi connectivity index (χ0) is 16.4. The zero-order valence-corrected chi connectivity index (χ0v) is 13.7. The van der Waals surface area contributed by atoms with E-state index in [2.05, 4.69) is 12.2 Å². The standard InChI is InChI=1S/C17H26N2O3/c1-4-6-12-19(14(3)20)13-11-17(21)18-15-9-7-8-10-16(15)22-5-2/h7-10H,4-6,11-13H2,1-3H3,(H,18,21). The van der Waals surface area contributed by atoms with Gasteiger partial charge in [-0.3, -0.25) is 9.59 Å². The van der Waals surface area contributed by atoms with Gasteiger partial charge < -0.3 is 15.0 Å². The molecule has 0 atom stereocenters. The van der Waals surface area contributed by atoms with Crippen molar-refractivity contribution in [1.82, 2.24) is 4.90 Å². The van der Waals surface area contributed by atoms with Gasteiger partial charge in [0.2, 0.25) is 11.8 Å². The van der Waals surface area contributed by atoms with Crippen molar-refractivity contribution < 1.29 is 14.3 Å². The molecule has 0 aromatic heterocycles. The smallest absolute Gasteiger partial charge is 0.226 e. The molecule has 1 rings (SSSR count). The number of amides is 2. The van der Waals surface area contributed by atoms with Crippen LogP contribution in [0.2, 0.25) is 0 Å². The molecule has 1 N–H and O–H groups in total. The number of nitrogens with zero attached hydrogens (tertiary/aromatic N) is 1. The minimum atomic E-state index is -0.116. The highest BCUT2D eigenvalue weighted by molar-refractivity contribution is 5.92. The van der Waals surface area contributed by atoms with Crippen molar-refractivity contribution in [1.29, 1.82) is 0 Å². The lowest BCUT2D eigenvalue weighted by atomic mass is 10.2. The van der Waals surface area contributed by atoms with E-state index in [1.165, 1.54) is 6.92 Å². The number of anilines is 1. The van der Waals surface area contributed by atoms with Crippen LogP contribution < -0.4 is 10.1 Å². The van der Waals surface area contributed by atoms with Gasteiger partial charge in [-0.2, -0.15) is 0 Å². The van der Waals surface area contributed by atoms with Gasteiger partial charge in [0.15, 0.2) is 0 Å².